The number of nitrogens with one attached hydrogen (secondary N) is 2. The first-order chi connectivity index (χ1) is 11.6. The Kier molecular flexibility index (Phi) is 11.3. The summed E-state index contributed by atoms with van der Waals surface area (Å²) in [5.41, 5.74) is 0.296. The van der Waals surface area contributed by atoms with Crippen LogP contribution in [-0.4, -0.2) is 51.5 Å². The van der Waals surface area contributed by atoms with E-state index in [2.05, 4.69) is 31.4 Å². The Balaban J connectivity index is 0.00000312. The molecule has 1 atom stereocenters. The molecule has 0 aromatic heterocycles. The van der Waals surface area contributed by atoms with Crippen molar-refractivity contribution in [3.05, 3.63) is 0 Å². The Labute approximate surface area is 171 Å². The summed E-state index contributed by atoms with van der Waals surface area (Å²) in [5, 5.41) is 6.79. The molecule has 1 saturated heterocycles. The van der Waals surface area contributed by atoms with E-state index in [9.17, 15) is 0 Å². The summed E-state index contributed by atoms with van der Waals surface area (Å²) >= 11 is 0. The molecular formula is C19H38IN3O2. The third kappa shape index (κ3) is 8.43. The number of aliphatic imine (C=N–C) groups is 1. The maximum atomic E-state index is 5.80. The largest absolute Gasteiger partial charge is 0.379 e. The molecule has 5 nitrogen and oxygen atoms in total. The van der Waals surface area contributed by atoms with Crippen molar-refractivity contribution in [3.63, 3.8) is 0 Å². The lowest BCUT2D eigenvalue weighted by molar-refractivity contribution is 0.0420. The second kappa shape index (κ2) is 12.3. The summed E-state index contributed by atoms with van der Waals surface area (Å²) in [7, 11) is 0. The van der Waals surface area contributed by atoms with E-state index in [0.717, 1.165) is 64.2 Å². The van der Waals surface area contributed by atoms with Crippen molar-refractivity contribution in [2.24, 2.45) is 16.3 Å². The van der Waals surface area contributed by atoms with Gasteiger partial charge in [-0.3, -0.25) is 4.99 Å². The quantitative estimate of drug-likeness (QED) is 0.236. The van der Waals surface area contributed by atoms with Crippen LogP contribution in [0.1, 0.15) is 59.3 Å². The van der Waals surface area contributed by atoms with Crippen LogP contribution in [0.3, 0.4) is 0 Å². The molecule has 1 aliphatic carbocycles. The van der Waals surface area contributed by atoms with Gasteiger partial charge in [0.2, 0.25) is 0 Å². The lowest BCUT2D eigenvalue weighted by Gasteiger charge is -2.30. The van der Waals surface area contributed by atoms with E-state index in [0.29, 0.717) is 11.5 Å². The summed E-state index contributed by atoms with van der Waals surface area (Å²) < 4.78 is 11.1. The maximum Gasteiger partial charge on any atom is 0.191 e. The van der Waals surface area contributed by atoms with Crippen molar-refractivity contribution < 1.29 is 9.47 Å². The van der Waals surface area contributed by atoms with Crippen molar-refractivity contribution in [1.29, 1.82) is 0 Å². The van der Waals surface area contributed by atoms with Crippen LogP contribution in [0.4, 0.5) is 0 Å². The summed E-state index contributed by atoms with van der Waals surface area (Å²) in [6.07, 6.45) is 7.85. The minimum absolute atomic E-state index is 0. The number of ether oxygens (including phenoxy) is 2. The molecule has 0 spiro atoms. The van der Waals surface area contributed by atoms with Crippen molar-refractivity contribution >= 4 is 29.9 Å². The smallest absolute Gasteiger partial charge is 0.191 e. The van der Waals surface area contributed by atoms with Gasteiger partial charge in [0.05, 0.1) is 12.7 Å². The van der Waals surface area contributed by atoms with Crippen molar-refractivity contribution in [2.75, 3.05) is 39.5 Å². The Bertz CT molecular complexity index is 379. The van der Waals surface area contributed by atoms with Gasteiger partial charge in [0.1, 0.15) is 0 Å². The lowest BCUT2D eigenvalue weighted by atomic mass is 9.78. The first kappa shape index (κ1) is 23.0. The molecule has 0 bridgehead atoms. The molecular weight excluding hydrogens is 429 g/mol. The average molecular weight is 467 g/mol. The van der Waals surface area contributed by atoms with E-state index < -0.39 is 0 Å². The van der Waals surface area contributed by atoms with Gasteiger partial charge in [-0.25, -0.2) is 0 Å². The van der Waals surface area contributed by atoms with Crippen molar-refractivity contribution in [1.82, 2.24) is 10.6 Å². The van der Waals surface area contributed by atoms with Gasteiger partial charge in [-0.1, -0.05) is 26.7 Å². The minimum atomic E-state index is 0. The molecule has 0 radical (unpaired) electrons. The highest BCUT2D eigenvalue weighted by atomic mass is 127. The minimum Gasteiger partial charge on any atom is -0.379 e. The lowest BCUT2D eigenvalue weighted by Crippen LogP contribution is -2.39. The average Bonchev–Trinajstić information content (AvgIpc) is 3.25. The fourth-order valence-corrected chi connectivity index (χ4v) is 3.63. The van der Waals surface area contributed by atoms with Crippen LogP contribution in [0.25, 0.3) is 0 Å². The fourth-order valence-electron chi connectivity index (χ4n) is 3.63. The van der Waals surface area contributed by atoms with E-state index in [1.807, 2.05) is 0 Å². The van der Waals surface area contributed by atoms with Gasteiger partial charge in [0.25, 0.3) is 0 Å². The van der Waals surface area contributed by atoms with Gasteiger partial charge in [-0.2, -0.15) is 0 Å². The molecule has 0 amide bonds. The third-order valence-electron chi connectivity index (χ3n) is 5.30. The normalized spacial score (nSPS) is 22.0. The number of guanidine groups is 1. The topological polar surface area (TPSA) is 54.9 Å². The summed E-state index contributed by atoms with van der Waals surface area (Å²) in [6, 6.07) is 0. The van der Waals surface area contributed by atoms with Crippen LogP contribution >= 0.6 is 24.0 Å². The van der Waals surface area contributed by atoms with Gasteiger partial charge >= 0.3 is 0 Å². The van der Waals surface area contributed by atoms with Gasteiger partial charge in [-0.15, -0.1) is 24.0 Å². The second-order valence-electron chi connectivity index (χ2n) is 7.80. The second-order valence-corrected chi connectivity index (χ2v) is 7.80. The molecule has 2 N–H and O–H groups in total. The van der Waals surface area contributed by atoms with E-state index in [4.69, 9.17) is 14.5 Å². The zero-order valence-electron chi connectivity index (χ0n) is 16.3. The molecule has 1 unspecified atom stereocenters. The van der Waals surface area contributed by atoms with Crippen LogP contribution in [0.15, 0.2) is 4.99 Å². The summed E-state index contributed by atoms with van der Waals surface area (Å²) in [4.78, 5) is 4.84. The Morgan fingerprint density at radius 3 is 2.60 bits per heavy atom. The Morgan fingerprint density at radius 2 is 1.96 bits per heavy atom. The van der Waals surface area contributed by atoms with Crippen LogP contribution < -0.4 is 10.6 Å². The van der Waals surface area contributed by atoms with Gasteiger partial charge in [-0.05, 0) is 43.9 Å². The van der Waals surface area contributed by atoms with Gasteiger partial charge < -0.3 is 20.1 Å². The SMILES string of the molecule is CCNC(=NCC(C)(C)C1CCCC1)NCCCOC1CCOC1.I. The molecule has 0 aromatic rings. The van der Waals surface area contributed by atoms with E-state index in [1.165, 1.54) is 25.7 Å². The number of halogens is 1. The zero-order valence-corrected chi connectivity index (χ0v) is 18.6. The number of hydrogen-bond acceptors (Lipinski definition) is 3. The number of hydrogen-bond donors (Lipinski definition) is 2. The predicted molar refractivity (Wildman–Crippen MR) is 115 cm³/mol. The first-order valence-electron chi connectivity index (χ1n) is 9.83. The summed E-state index contributed by atoms with van der Waals surface area (Å²) in [6.45, 7) is 11.9. The van der Waals surface area contributed by atoms with Crippen molar-refractivity contribution in [3.8, 4) is 0 Å². The van der Waals surface area contributed by atoms with E-state index in [1.54, 1.807) is 0 Å². The molecule has 2 aliphatic rings. The molecule has 25 heavy (non-hydrogen) atoms. The first-order valence-corrected chi connectivity index (χ1v) is 9.83. The van der Waals surface area contributed by atoms with Crippen LogP contribution in [0.5, 0.6) is 0 Å². The van der Waals surface area contributed by atoms with E-state index >= 15 is 0 Å². The maximum absolute atomic E-state index is 5.80. The predicted octanol–water partition coefficient (Wildman–Crippen LogP) is 3.57. The molecule has 2 fully saturated rings. The number of nitrogens with zero attached hydrogens (tertiary/aromatic N) is 1. The van der Waals surface area contributed by atoms with Crippen LogP contribution in [0.2, 0.25) is 0 Å². The molecule has 2 rings (SSSR count). The van der Waals surface area contributed by atoms with Gasteiger partial charge in [0, 0.05) is 32.8 Å². The highest BCUT2D eigenvalue weighted by molar-refractivity contribution is 14.0. The van der Waals surface area contributed by atoms with Crippen LogP contribution in [0, 0.1) is 11.3 Å². The third-order valence-corrected chi connectivity index (χ3v) is 5.30. The molecule has 1 heterocycles. The number of rotatable bonds is 9. The highest BCUT2D eigenvalue weighted by Crippen LogP contribution is 2.39. The standard InChI is InChI=1S/C19H37N3O2.HI/c1-4-20-18(21-11-7-12-24-17-10-13-23-14-17)22-15-19(2,3)16-8-5-6-9-16;/h16-17H,4-15H2,1-3H3,(H2,20,21,22);1H. The highest BCUT2D eigenvalue weighted by Gasteiger charge is 2.31. The van der Waals surface area contributed by atoms with Crippen LogP contribution in [-0.2, 0) is 9.47 Å². The van der Waals surface area contributed by atoms with Gasteiger partial charge in [0.15, 0.2) is 5.96 Å². The molecule has 1 aliphatic heterocycles. The monoisotopic (exact) mass is 467 g/mol. The fraction of sp³-hybridized carbons (Fsp3) is 0.947. The van der Waals surface area contributed by atoms with Crippen molar-refractivity contribution in [2.45, 2.75) is 65.4 Å². The summed E-state index contributed by atoms with van der Waals surface area (Å²) in [5.74, 6) is 1.76. The zero-order chi connectivity index (χ0) is 17.3. The molecule has 1 saturated carbocycles. The molecule has 0 aromatic carbocycles. The van der Waals surface area contributed by atoms with E-state index in [-0.39, 0.29) is 24.0 Å². The Hall–Kier alpha value is -0.0800. The molecule has 148 valence electrons. The Morgan fingerprint density at radius 1 is 1.20 bits per heavy atom. The molecule has 6 heteroatoms.